The van der Waals surface area contributed by atoms with Crippen molar-refractivity contribution in [2.24, 2.45) is 5.92 Å². The molecule has 68 valence electrons. The van der Waals surface area contributed by atoms with Crippen LogP contribution in [0.25, 0.3) is 0 Å². The molecular weight excluding hydrogens is 144 g/mol. The zero-order chi connectivity index (χ0) is 9.72. The molecule has 12 heavy (non-hydrogen) atoms. The Bertz CT molecular complexity index is 216. The third-order valence-corrected chi connectivity index (χ3v) is 2.30. The maximum atomic E-state index is 3.87. The molecule has 0 heteroatoms. The molecule has 0 fully saturated rings. The van der Waals surface area contributed by atoms with Crippen LogP contribution in [0.2, 0.25) is 0 Å². The molecule has 0 radical (unpaired) electrons. The normalized spacial score (nSPS) is 16.1. The lowest BCUT2D eigenvalue weighted by atomic mass is 9.93. The van der Waals surface area contributed by atoms with Gasteiger partial charge in [-0.15, -0.1) is 0 Å². The van der Waals surface area contributed by atoms with Gasteiger partial charge in [0.25, 0.3) is 0 Å². The van der Waals surface area contributed by atoms with Crippen molar-refractivity contribution >= 4 is 0 Å². The fourth-order valence-corrected chi connectivity index (χ4v) is 1.12. The van der Waals surface area contributed by atoms with Crippen LogP contribution in [-0.2, 0) is 0 Å². The first-order valence-electron chi connectivity index (χ1n) is 4.45. The summed E-state index contributed by atoms with van der Waals surface area (Å²) in [5, 5.41) is 0. The standard InChI is InChI=1S/C12H20/c1-7-10(4)12(6)11(5)8-9(2)3/h7-8,12H,2H2,1,3-6H3/b10-7+,11-8+. The van der Waals surface area contributed by atoms with Crippen LogP contribution >= 0.6 is 0 Å². The van der Waals surface area contributed by atoms with E-state index in [1.165, 1.54) is 11.1 Å². The second-order valence-corrected chi connectivity index (χ2v) is 3.49. The fourth-order valence-electron chi connectivity index (χ4n) is 1.12. The van der Waals surface area contributed by atoms with E-state index >= 15 is 0 Å². The third-order valence-electron chi connectivity index (χ3n) is 2.30. The maximum absolute atomic E-state index is 3.87. The largest absolute Gasteiger partial charge is 0.0961 e. The van der Waals surface area contributed by atoms with Gasteiger partial charge in [-0.3, -0.25) is 0 Å². The van der Waals surface area contributed by atoms with Gasteiger partial charge in [0.05, 0.1) is 0 Å². The second kappa shape index (κ2) is 4.97. The van der Waals surface area contributed by atoms with Crippen molar-refractivity contribution in [3.8, 4) is 0 Å². The Morgan fingerprint density at radius 3 is 2.00 bits per heavy atom. The van der Waals surface area contributed by atoms with Crippen LogP contribution in [0.3, 0.4) is 0 Å². The number of rotatable bonds is 3. The first-order valence-corrected chi connectivity index (χ1v) is 4.45. The summed E-state index contributed by atoms with van der Waals surface area (Å²) in [7, 11) is 0. The highest BCUT2D eigenvalue weighted by atomic mass is 14.1. The van der Waals surface area contributed by atoms with E-state index in [2.05, 4.69) is 46.4 Å². The molecule has 0 aliphatic carbocycles. The average molecular weight is 164 g/mol. The van der Waals surface area contributed by atoms with Crippen LogP contribution in [0.1, 0.15) is 34.6 Å². The lowest BCUT2D eigenvalue weighted by Gasteiger charge is -2.12. The van der Waals surface area contributed by atoms with Crippen LogP contribution in [0.4, 0.5) is 0 Å². The van der Waals surface area contributed by atoms with E-state index in [4.69, 9.17) is 0 Å². The molecule has 0 aliphatic heterocycles. The molecule has 0 aromatic rings. The molecule has 0 nitrogen and oxygen atoms in total. The van der Waals surface area contributed by atoms with Crippen LogP contribution in [0.5, 0.6) is 0 Å². The van der Waals surface area contributed by atoms with Gasteiger partial charge in [0, 0.05) is 0 Å². The van der Waals surface area contributed by atoms with E-state index < -0.39 is 0 Å². The van der Waals surface area contributed by atoms with Crippen molar-refractivity contribution in [1.29, 1.82) is 0 Å². The Kier molecular flexibility index (Phi) is 4.65. The lowest BCUT2D eigenvalue weighted by molar-refractivity contribution is 0.796. The summed E-state index contributed by atoms with van der Waals surface area (Å²) in [5.74, 6) is 0.548. The predicted molar refractivity (Wildman–Crippen MR) is 57.2 cm³/mol. The summed E-state index contributed by atoms with van der Waals surface area (Å²) in [5.41, 5.74) is 3.94. The highest BCUT2D eigenvalue weighted by Crippen LogP contribution is 2.19. The Morgan fingerprint density at radius 2 is 1.67 bits per heavy atom. The molecule has 0 aromatic heterocycles. The van der Waals surface area contributed by atoms with Crippen molar-refractivity contribution < 1.29 is 0 Å². The topological polar surface area (TPSA) is 0 Å². The highest BCUT2D eigenvalue weighted by Gasteiger charge is 2.04. The van der Waals surface area contributed by atoms with E-state index in [0.29, 0.717) is 5.92 Å². The van der Waals surface area contributed by atoms with Gasteiger partial charge in [-0.05, 0) is 33.6 Å². The smallest absolute Gasteiger partial charge is 0.00239 e. The Hall–Kier alpha value is -0.780. The first-order chi connectivity index (χ1) is 5.49. The van der Waals surface area contributed by atoms with Gasteiger partial charge < -0.3 is 0 Å². The molecule has 0 aliphatic rings. The van der Waals surface area contributed by atoms with E-state index in [0.717, 1.165) is 5.57 Å². The van der Waals surface area contributed by atoms with Gasteiger partial charge in [0.15, 0.2) is 0 Å². The molecule has 0 amide bonds. The molecule has 0 saturated heterocycles. The zero-order valence-corrected chi connectivity index (χ0v) is 8.94. The van der Waals surface area contributed by atoms with Gasteiger partial charge in [-0.1, -0.05) is 42.4 Å². The molecule has 0 bridgehead atoms. The van der Waals surface area contributed by atoms with Gasteiger partial charge in [-0.2, -0.15) is 0 Å². The SMILES string of the molecule is C=C(C)/C=C(\C)C(C)/C(C)=C/C. The second-order valence-electron chi connectivity index (χ2n) is 3.49. The Labute approximate surface area is 76.7 Å². The summed E-state index contributed by atoms with van der Waals surface area (Å²) in [4.78, 5) is 0. The van der Waals surface area contributed by atoms with Crippen LogP contribution in [-0.4, -0.2) is 0 Å². The lowest BCUT2D eigenvalue weighted by Crippen LogP contribution is -1.97. The first kappa shape index (κ1) is 11.2. The number of hydrogen-bond acceptors (Lipinski definition) is 0. The van der Waals surface area contributed by atoms with Crippen molar-refractivity contribution in [1.82, 2.24) is 0 Å². The molecule has 0 N–H and O–H groups in total. The fraction of sp³-hybridized carbons (Fsp3) is 0.500. The molecule has 0 heterocycles. The third kappa shape index (κ3) is 3.56. The number of allylic oxidation sites excluding steroid dienone is 5. The minimum atomic E-state index is 0.548. The quantitative estimate of drug-likeness (QED) is 0.435. The summed E-state index contributed by atoms with van der Waals surface area (Å²) in [6.45, 7) is 14.5. The number of hydrogen-bond donors (Lipinski definition) is 0. The van der Waals surface area contributed by atoms with Crippen molar-refractivity contribution in [3.63, 3.8) is 0 Å². The summed E-state index contributed by atoms with van der Waals surface area (Å²) >= 11 is 0. The molecule has 0 rings (SSSR count). The minimum Gasteiger partial charge on any atom is -0.0961 e. The van der Waals surface area contributed by atoms with Crippen molar-refractivity contribution in [2.75, 3.05) is 0 Å². The summed E-state index contributed by atoms with van der Waals surface area (Å²) in [6, 6.07) is 0. The molecule has 1 atom stereocenters. The van der Waals surface area contributed by atoms with Crippen LogP contribution in [0, 0.1) is 5.92 Å². The van der Waals surface area contributed by atoms with Gasteiger partial charge in [0.2, 0.25) is 0 Å². The molecule has 0 saturated carbocycles. The Morgan fingerprint density at radius 1 is 1.17 bits per heavy atom. The monoisotopic (exact) mass is 164 g/mol. The average Bonchev–Trinajstić information content (AvgIpc) is 2.00. The van der Waals surface area contributed by atoms with Crippen molar-refractivity contribution in [2.45, 2.75) is 34.6 Å². The van der Waals surface area contributed by atoms with E-state index in [9.17, 15) is 0 Å². The maximum Gasteiger partial charge on any atom is -0.00239 e. The molecule has 0 spiro atoms. The zero-order valence-electron chi connectivity index (χ0n) is 8.94. The van der Waals surface area contributed by atoms with Gasteiger partial charge >= 0.3 is 0 Å². The van der Waals surface area contributed by atoms with E-state index in [-0.39, 0.29) is 0 Å². The van der Waals surface area contributed by atoms with Crippen LogP contribution < -0.4 is 0 Å². The van der Waals surface area contributed by atoms with E-state index in [1.807, 2.05) is 6.92 Å². The molecule has 1 unspecified atom stereocenters. The van der Waals surface area contributed by atoms with Gasteiger partial charge in [-0.25, -0.2) is 0 Å². The van der Waals surface area contributed by atoms with Crippen LogP contribution in [0.15, 0.2) is 35.5 Å². The highest BCUT2D eigenvalue weighted by molar-refractivity contribution is 5.24. The molecule has 0 aromatic carbocycles. The molecular formula is C12H20. The summed E-state index contributed by atoms with van der Waals surface area (Å²) < 4.78 is 0. The van der Waals surface area contributed by atoms with Gasteiger partial charge in [0.1, 0.15) is 0 Å². The minimum absolute atomic E-state index is 0.548. The summed E-state index contributed by atoms with van der Waals surface area (Å²) in [6.07, 6.45) is 4.32. The Balaban J connectivity index is 4.49. The van der Waals surface area contributed by atoms with E-state index in [1.54, 1.807) is 0 Å². The predicted octanol–water partition coefficient (Wildman–Crippen LogP) is 4.11. The van der Waals surface area contributed by atoms with Crippen molar-refractivity contribution in [3.05, 3.63) is 35.5 Å².